The van der Waals surface area contributed by atoms with Gasteiger partial charge in [-0.3, -0.25) is 0 Å². The molecule has 0 aliphatic heterocycles. The first kappa shape index (κ1) is 14.4. The average Bonchev–Trinajstić information content (AvgIpc) is 2.46. The minimum atomic E-state index is 0.123. The standard InChI is InChI=1S/C18H23NO/c1-14(2)16-8-7-11-18(12-16)20-15(3)13-19-17-9-5-4-6-10-17/h4-12,14-15,19H,13H2,1-3H3. The molecule has 0 bridgehead atoms. The Morgan fingerprint density at radius 1 is 0.950 bits per heavy atom. The van der Waals surface area contributed by atoms with E-state index in [9.17, 15) is 0 Å². The first-order valence-corrected chi connectivity index (χ1v) is 7.20. The zero-order chi connectivity index (χ0) is 14.4. The normalized spacial score (nSPS) is 12.2. The van der Waals surface area contributed by atoms with Gasteiger partial charge in [-0.1, -0.05) is 44.2 Å². The molecule has 0 heterocycles. The summed E-state index contributed by atoms with van der Waals surface area (Å²) >= 11 is 0. The monoisotopic (exact) mass is 269 g/mol. The van der Waals surface area contributed by atoms with Gasteiger partial charge in [0.15, 0.2) is 0 Å². The Morgan fingerprint density at radius 2 is 1.70 bits per heavy atom. The van der Waals surface area contributed by atoms with Crippen LogP contribution in [0.2, 0.25) is 0 Å². The summed E-state index contributed by atoms with van der Waals surface area (Å²) in [6.07, 6.45) is 0.123. The van der Waals surface area contributed by atoms with Crippen LogP contribution in [0.4, 0.5) is 5.69 Å². The summed E-state index contributed by atoms with van der Waals surface area (Å²) < 4.78 is 5.96. The summed E-state index contributed by atoms with van der Waals surface area (Å²) in [5.74, 6) is 1.47. The number of anilines is 1. The molecular formula is C18H23NO. The molecule has 0 amide bonds. The van der Waals surface area contributed by atoms with Crippen molar-refractivity contribution in [3.63, 3.8) is 0 Å². The Kier molecular flexibility index (Phi) is 5.05. The lowest BCUT2D eigenvalue weighted by atomic mass is 10.0. The topological polar surface area (TPSA) is 21.3 Å². The van der Waals surface area contributed by atoms with Crippen molar-refractivity contribution < 1.29 is 4.74 Å². The van der Waals surface area contributed by atoms with Crippen molar-refractivity contribution in [1.82, 2.24) is 0 Å². The van der Waals surface area contributed by atoms with Gasteiger partial charge < -0.3 is 10.1 Å². The molecule has 0 saturated heterocycles. The third-order valence-corrected chi connectivity index (χ3v) is 3.23. The summed E-state index contributed by atoms with van der Waals surface area (Å²) in [5, 5.41) is 3.38. The molecule has 0 aliphatic rings. The van der Waals surface area contributed by atoms with Crippen LogP contribution in [0.25, 0.3) is 0 Å². The molecule has 1 unspecified atom stereocenters. The lowest BCUT2D eigenvalue weighted by Crippen LogP contribution is -2.22. The summed E-state index contributed by atoms with van der Waals surface area (Å²) in [6.45, 7) is 7.26. The number of nitrogens with one attached hydrogen (secondary N) is 1. The van der Waals surface area contributed by atoms with E-state index >= 15 is 0 Å². The zero-order valence-electron chi connectivity index (χ0n) is 12.5. The summed E-state index contributed by atoms with van der Waals surface area (Å²) in [4.78, 5) is 0. The van der Waals surface area contributed by atoms with Crippen molar-refractivity contribution in [3.05, 3.63) is 60.2 Å². The lowest BCUT2D eigenvalue weighted by molar-refractivity contribution is 0.234. The maximum Gasteiger partial charge on any atom is 0.120 e. The molecule has 0 saturated carbocycles. The molecular weight excluding hydrogens is 246 g/mol. The molecule has 0 aromatic heterocycles. The van der Waals surface area contributed by atoms with Crippen molar-refractivity contribution in [2.75, 3.05) is 11.9 Å². The van der Waals surface area contributed by atoms with Crippen molar-refractivity contribution in [2.45, 2.75) is 32.8 Å². The molecule has 2 nitrogen and oxygen atoms in total. The van der Waals surface area contributed by atoms with Gasteiger partial charge in [0.2, 0.25) is 0 Å². The number of ether oxygens (including phenoxy) is 1. The second-order valence-corrected chi connectivity index (χ2v) is 5.40. The number of para-hydroxylation sites is 1. The maximum absolute atomic E-state index is 5.96. The molecule has 1 N–H and O–H groups in total. The van der Waals surface area contributed by atoms with Crippen LogP contribution in [-0.4, -0.2) is 12.6 Å². The highest BCUT2D eigenvalue weighted by Gasteiger charge is 2.06. The Morgan fingerprint density at radius 3 is 2.40 bits per heavy atom. The van der Waals surface area contributed by atoms with Crippen molar-refractivity contribution >= 4 is 5.69 Å². The molecule has 2 rings (SSSR count). The van der Waals surface area contributed by atoms with Crippen molar-refractivity contribution in [2.24, 2.45) is 0 Å². The number of hydrogen-bond donors (Lipinski definition) is 1. The van der Waals surface area contributed by atoms with E-state index in [0.717, 1.165) is 18.0 Å². The van der Waals surface area contributed by atoms with Crippen LogP contribution in [0.3, 0.4) is 0 Å². The fourth-order valence-electron chi connectivity index (χ4n) is 2.04. The van der Waals surface area contributed by atoms with Crippen LogP contribution in [-0.2, 0) is 0 Å². The molecule has 2 aromatic rings. The third kappa shape index (κ3) is 4.30. The SMILES string of the molecule is CC(CNc1ccccc1)Oc1cccc(C(C)C)c1. The van der Waals surface area contributed by atoms with Gasteiger partial charge in [-0.15, -0.1) is 0 Å². The second-order valence-electron chi connectivity index (χ2n) is 5.40. The summed E-state index contributed by atoms with van der Waals surface area (Å²) in [6, 6.07) is 18.5. The highest BCUT2D eigenvalue weighted by molar-refractivity contribution is 5.42. The average molecular weight is 269 g/mol. The lowest BCUT2D eigenvalue weighted by Gasteiger charge is -2.17. The molecule has 0 radical (unpaired) electrons. The highest BCUT2D eigenvalue weighted by atomic mass is 16.5. The van der Waals surface area contributed by atoms with Crippen molar-refractivity contribution in [3.8, 4) is 5.75 Å². The largest absolute Gasteiger partial charge is 0.489 e. The molecule has 2 heteroatoms. The van der Waals surface area contributed by atoms with E-state index in [2.05, 4.69) is 56.4 Å². The zero-order valence-corrected chi connectivity index (χ0v) is 12.5. The Balaban J connectivity index is 1.88. The summed E-state index contributed by atoms with van der Waals surface area (Å²) in [7, 11) is 0. The Bertz CT molecular complexity index is 522. The van der Waals surface area contributed by atoms with Gasteiger partial charge in [0, 0.05) is 5.69 Å². The Hall–Kier alpha value is -1.96. The van der Waals surface area contributed by atoms with Gasteiger partial charge in [-0.2, -0.15) is 0 Å². The van der Waals surface area contributed by atoms with E-state index in [1.165, 1.54) is 5.56 Å². The Labute approximate surface area is 121 Å². The quantitative estimate of drug-likeness (QED) is 0.821. The van der Waals surface area contributed by atoms with Crippen LogP contribution in [0.1, 0.15) is 32.3 Å². The molecule has 0 spiro atoms. The molecule has 106 valence electrons. The van der Waals surface area contributed by atoms with E-state index in [4.69, 9.17) is 4.74 Å². The number of hydrogen-bond acceptors (Lipinski definition) is 2. The predicted molar refractivity (Wildman–Crippen MR) is 85.6 cm³/mol. The van der Waals surface area contributed by atoms with Gasteiger partial charge in [-0.25, -0.2) is 0 Å². The molecule has 0 fully saturated rings. The van der Waals surface area contributed by atoms with E-state index in [1.807, 2.05) is 24.3 Å². The maximum atomic E-state index is 5.96. The van der Waals surface area contributed by atoms with Gasteiger partial charge in [-0.05, 0) is 42.7 Å². The minimum Gasteiger partial charge on any atom is -0.489 e. The van der Waals surface area contributed by atoms with Gasteiger partial charge in [0.25, 0.3) is 0 Å². The van der Waals surface area contributed by atoms with Gasteiger partial charge in [0.1, 0.15) is 11.9 Å². The smallest absolute Gasteiger partial charge is 0.120 e. The minimum absolute atomic E-state index is 0.123. The van der Waals surface area contributed by atoms with E-state index in [1.54, 1.807) is 0 Å². The molecule has 2 aromatic carbocycles. The first-order chi connectivity index (χ1) is 9.65. The van der Waals surface area contributed by atoms with Crippen LogP contribution < -0.4 is 10.1 Å². The molecule has 20 heavy (non-hydrogen) atoms. The van der Waals surface area contributed by atoms with Gasteiger partial charge in [0.05, 0.1) is 6.54 Å². The van der Waals surface area contributed by atoms with Crippen molar-refractivity contribution in [1.29, 1.82) is 0 Å². The fourth-order valence-corrected chi connectivity index (χ4v) is 2.04. The number of benzene rings is 2. The molecule has 1 atom stereocenters. The summed E-state index contributed by atoms with van der Waals surface area (Å²) in [5.41, 5.74) is 2.43. The van der Waals surface area contributed by atoms with E-state index in [0.29, 0.717) is 5.92 Å². The van der Waals surface area contributed by atoms with Crippen LogP contribution >= 0.6 is 0 Å². The van der Waals surface area contributed by atoms with Crippen LogP contribution in [0.15, 0.2) is 54.6 Å². The van der Waals surface area contributed by atoms with Crippen LogP contribution in [0.5, 0.6) is 5.75 Å². The van der Waals surface area contributed by atoms with Crippen LogP contribution in [0, 0.1) is 0 Å². The van der Waals surface area contributed by atoms with E-state index in [-0.39, 0.29) is 6.10 Å². The van der Waals surface area contributed by atoms with Gasteiger partial charge >= 0.3 is 0 Å². The fraction of sp³-hybridized carbons (Fsp3) is 0.333. The second kappa shape index (κ2) is 6.99. The van der Waals surface area contributed by atoms with E-state index < -0.39 is 0 Å². The number of rotatable bonds is 6. The predicted octanol–water partition coefficient (Wildman–Crippen LogP) is 4.69. The third-order valence-electron chi connectivity index (χ3n) is 3.23. The highest BCUT2D eigenvalue weighted by Crippen LogP contribution is 2.21. The molecule has 0 aliphatic carbocycles. The first-order valence-electron chi connectivity index (χ1n) is 7.20.